The number of pyridine rings is 2. The average Bonchev–Trinajstić information content (AvgIpc) is 3.22. The first-order valence-corrected chi connectivity index (χ1v) is 10.8. The van der Waals surface area contributed by atoms with E-state index in [0.717, 1.165) is 60.0 Å². The van der Waals surface area contributed by atoms with Crippen LogP contribution in [0.1, 0.15) is 11.1 Å². The molecule has 1 atom stereocenters. The van der Waals surface area contributed by atoms with E-state index < -0.39 is 5.54 Å². The summed E-state index contributed by atoms with van der Waals surface area (Å²) in [5.74, 6) is 2.35. The Labute approximate surface area is 186 Å². The molecule has 8 heteroatoms. The zero-order chi connectivity index (χ0) is 21.7. The molecule has 0 saturated carbocycles. The van der Waals surface area contributed by atoms with Gasteiger partial charge in [-0.15, -0.1) is 0 Å². The summed E-state index contributed by atoms with van der Waals surface area (Å²) < 4.78 is 12.0. The maximum atomic E-state index is 6.28. The van der Waals surface area contributed by atoms with Crippen LogP contribution in [0.15, 0.2) is 60.0 Å². The van der Waals surface area contributed by atoms with E-state index in [1.54, 1.807) is 12.4 Å². The van der Waals surface area contributed by atoms with E-state index in [4.69, 9.17) is 25.2 Å². The number of likely N-dealkylation sites (N-methyl/N-ethyl adjacent to an activating group) is 1. The molecule has 3 aliphatic heterocycles. The predicted octanol–water partition coefficient (Wildman–Crippen LogP) is 2.59. The number of hydrogen-bond acceptors (Lipinski definition) is 8. The summed E-state index contributed by atoms with van der Waals surface area (Å²) in [4.78, 5) is 18.4. The molecule has 32 heavy (non-hydrogen) atoms. The van der Waals surface area contributed by atoms with Gasteiger partial charge in [0.15, 0.2) is 11.3 Å². The number of nitrogens with zero attached hydrogens (tertiary/aromatic N) is 5. The van der Waals surface area contributed by atoms with Gasteiger partial charge in [-0.3, -0.25) is 4.98 Å². The van der Waals surface area contributed by atoms with Gasteiger partial charge in [-0.05, 0) is 36.9 Å². The number of amidine groups is 1. The van der Waals surface area contributed by atoms with Crippen LogP contribution in [0.3, 0.4) is 0 Å². The number of aliphatic imine (C=N–C) groups is 1. The normalized spacial score (nSPS) is 22.0. The molecule has 0 bridgehead atoms. The summed E-state index contributed by atoms with van der Waals surface area (Å²) in [7, 11) is 2.14. The molecule has 5 heterocycles. The van der Waals surface area contributed by atoms with Crippen LogP contribution in [-0.4, -0.2) is 60.7 Å². The molecule has 3 aromatic rings. The van der Waals surface area contributed by atoms with Gasteiger partial charge in [-0.2, -0.15) is 0 Å². The lowest BCUT2D eigenvalue weighted by Crippen LogP contribution is -2.45. The number of rotatable bonds is 2. The smallest absolute Gasteiger partial charge is 0.283 e. The van der Waals surface area contributed by atoms with Gasteiger partial charge >= 0.3 is 0 Å². The maximum Gasteiger partial charge on any atom is 0.283 e. The van der Waals surface area contributed by atoms with E-state index in [2.05, 4.69) is 34.0 Å². The molecule has 2 N–H and O–H groups in total. The van der Waals surface area contributed by atoms with E-state index >= 15 is 0 Å². The Bertz CT molecular complexity index is 1210. The maximum absolute atomic E-state index is 6.28. The molecule has 1 aromatic carbocycles. The van der Waals surface area contributed by atoms with Crippen molar-refractivity contribution in [3.8, 4) is 22.6 Å². The average molecular weight is 428 g/mol. The number of ether oxygens (including phenoxy) is 2. The number of nitrogens with two attached hydrogens (primary N) is 1. The minimum Gasteiger partial charge on any atom is -0.462 e. The van der Waals surface area contributed by atoms with Crippen LogP contribution in [0.4, 0.5) is 5.82 Å². The molecule has 3 aliphatic rings. The van der Waals surface area contributed by atoms with Crippen LogP contribution >= 0.6 is 0 Å². The van der Waals surface area contributed by atoms with Crippen molar-refractivity contribution < 1.29 is 9.47 Å². The van der Waals surface area contributed by atoms with Gasteiger partial charge < -0.3 is 25.0 Å². The van der Waals surface area contributed by atoms with Crippen molar-refractivity contribution in [1.29, 1.82) is 0 Å². The van der Waals surface area contributed by atoms with E-state index in [1.165, 1.54) is 0 Å². The van der Waals surface area contributed by atoms with Crippen LogP contribution in [-0.2, 0) is 10.3 Å². The van der Waals surface area contributed by atoms with E-state index in [-0.39, 0.29) is 6.02 Å². The van der Waals surface area contributed by atoms with Crippen LogP contribution in [0.5, 0.6) is 11.5 Å². The Kier molecular flexibility index (Phi) is 4.29. The first-order chi connectivity index (χ1) is 15.6. The zero-order valence-electron chi connectivity index (χ0n) is 17.9. The van der Waals surface area contributed by atoms with Gasteiger partial charge in [0.1, 0.15) is 18.2 Å². The molecular weight excluding hydrogens is 404 g/mol. The quantitative estimate of drug-likeness (QED) is 0.671. The second-order valence-electron chi connectivity index (χ2n) is 8.48. The standard InChI is InChI=1S/C24H24N6O2/c1-29-7-9-30(10-8-29)22-12-19-21(14-27-22)32-20-5-4-16(17-3-2-6-26-13-17)11-18(20)24(19)15-31-23(25)28-24/h2-6,11-14H,7-10,15H2,1H3,(H2,25,28)/t24-/m0/s1. The summed E-state index contributed by atoms with van der Waals surface area (Å²) in [6.07, 6.45) is 5.42. The first-order valence-electron chi connectivity index (χ1n) is 10.8. The third kappa shape index (κ3) is 2.98. The summed E-state index contributed by atoms with van der Waals surface area (Å²) in [5.41, 5.74) is 9.20. The number of hydrogen-bond donors (Lipinski definition) is 1. The SMILES string of the molecule is CN1CCN(c2cc3c(cn2)Oc2ccc(-c4cccnc4)cc2[C@@]32COC(N)=N2)CC1. The molecule has 8 nitrogen and oxygen atoms in total. The Morgan fingerprint density at radius 3 is 2.56 bits per heavy atom. The number of piperazine rings is 1. The van der Waals surface area contributed by atoms with Crippen molar-refractivity contribution in [2.24, 2.45) is 10.7 Å². The highest BCUT2D eigenvalue weighted by atomic mass is 16.5. The lowest BCUT2D eigenvalue weighted by atomic mass is 9.81. The highest BCUT2D eigenvalue weighted by Gasteiger charge is 2.47. The molecule has 1 spiro atoms. The van der Waals surface area contributed by atoms with Gasteiger partial charge in [0.2, 0.25) is 0 Å². The number of fused-ring (bicyclic) bond motifs is 4. The predicted molar refractivity (Wildman–Crippen MR) is 122 cm³/mol. The first kappa shape index (κ1) is 19.1. The van der Waals surface area contributed by atoms with Gasteiger partial charge in [-0.25, -0.2) is 9.98 Å². The van der Waals surface area contributed by atoms with E-state index in [9.17, 15) is 0 Å². The molecule has 0 aliphatic carbocycles. The highest BCUT2D eigenvalue weighted by molar-refractivity contribution is 5.78. The molecule has 2 aromatic heterocycles. The van der Waals surface area contributed by atoms with Crippen molar-refractivity contribution in [1.82, 2.24) is 14.9 Å². The minimum atomic E-state index is -0.768. The largest absolute Gasteiger partial charge is 0.462 e. The zero-order valence-corrected chi connectivity index (χ0v) is 17.9. The summed E-state index contributed by atoms with van der Waals surface area (Å²) in [6, 6.07) is 12.4. The van der Waals surface area contributed by atoms with Crippen LogP contribution in [0.2, 0.25) is 0 Å². The third-order valence-electron chi connectivity index (χ3n) is 6.50. The second kappa shape index (κ2) is 7.20. The third-order valence-corrected chi connectivity index (χ3v) is 6.50. The Hall–Kier alpha value is -3.65. The van der Waals surface area contributed by atoms with Crippen LogP contribution < -0.4 is 15.4 Å². The van der Waals surface area contributed by atoms with Crippen molar-refractivity contribution in [3.63, 3.8) is 0 Å². The van der Waals surface area contributed by atoms with Crippen molar-refractivity contribution >= 4 is 11.8 Å². The van der Waals surface area contributed by atoms with E-state index in [0.29, 0.717) is 12.4 Å². The fourth-order valence-electron chi connectivity index (χ4n) is 4.67. The minimum absolute atomic E-state index is 0.188. The van der Waals surface area contributed by atoms with Gasteiger partial charge in [-0.1, -0.05) is 12.1 Å². The van der Waals surface area contributed by atoms with Crippen LogP contribution in [0, 0.1) is 0 Å². The fourth-order valence-corrected chi connectivity index (χ4v) is 4.67. The van der Waals surface area contributed by atoms with Gasteiger partial charge in [0, 0.05) is 55.3 Å². The molecular formula is C24H24N6O2. The summed E-state index contributed by atoms with van der Waals surface area (Å²) >= 11 is 0. The molecule has 0 unspecified atom stereocenters. The number of benzene rings is 1. The van der Waals surface area contributed by atoms with Gasteiger partial charge in [0.25, 0.3) is 6.02 Å². The molecule has 0 amide bonds. The number of anilines is 1. The molecule has 1 fully saturated rings. The highest BCUT2D eigenvalue weighted by Crippen LogP contribution is 2.52. The van der Waals surface area contributed by atoms with Crippen molar-refractivity contribution in [2.45, 2.75) is 5.54 Å². The molecule has 1 saturated heterocycles. The fraction of sp³-hybridized carbons (Fsp3) is 0.292. The van der Waals surface area contributed by atoms with E-state index in [1.807, 2.05) is 30.5 Å². The molecule has 6 rings (SSSR count). The second-order valence-corrected chi connectivity index (χ2v) is 8.48. The Balaban J connectivity index is 1.48. The van der Waals surface area contributed by atoms with Gasteiger partial charge in [0.05, 0.1) is 6.20 Å². The van der Waals surface area contributed by atoms with Crippen molar-refractivity contribution in [3.05, 3.63) is 66.1 Å². The molecule has 162 valence electrons. The topological polar surface area (TPSA) is 89.1 Å². The molecule has 0 radical (unpaired) electrons. The monoisotopic (exact) mass is 428 g/mol. The Morgan fingerprint density at radius 2 is 1.81 bits per heavy atom. The van der Waals surface area contributed by atoms with Crippen LogP contribution in [0.25, 0.3) is 11.1 Å². The van der Waals surface area contributed by atoms with Crippen molar-refractivity contribution in [2.75, 3.05) is 44.7 Å². The summed E-state index contributed by atoms with van der Waals surface area (Å²) in [6.45, 7) is 4.20. The summed E-state index contributed by atoms with van der Waals surface area (Å²) in [5, 5.41) is 0. The lowest BCUT2D eigenvalue weighted by molar-refractivity contribution is 0.264. The lowest BCUT2D eigenvalue weighted by Gasteiger charge is -2.36. The Morgan fingerprint density at radius 1 is 0.969 bits per heavy atom. The number of aromatic nitrogens is 2.